The summed E-state index contributed by atoms with van der Waals surface area (Å²) in [6, 6.07) is 4.27. The fraction of sp³-hybridized carbons (Fsp3) is 0.500. The number of rotatable bonds is 6. The SMILES string of the molecule is CC1(C)C=[N+](CCCCS(=O)(=O)O)c2ccc(S(=O)(=O)[O-])cc21. The Hall–Kier alpha value is -1.29. The summed E-state index contributed by atoms with van der Waals surface area (Å²) in [5, 5.41) is 0. The van der Waals surface area contributed by atoms with Crippen molar-refractivity contribution in [3.05, 3.63) is 23.8 Å². The lowest BCUT2D eigenvalue weighted by Crippen LogP contribution is -2.17. The molecule has 1 N–H and O–H groups in total. The summed E-state index contributed by atoms with van der Waals surface area (Å²) in [6.45, 7) is 4.35. The smallest absolute Gasteiger partial charge is 0.264 e. The maximum Gasteiger partial charge on any atom is 0.264 e. The third-order valence-corrected chi connectivity index (χ3v) is 5.43. The first-order chi connectivity index (χ1) is 10.4. The van der Waals surface area contributed by atoms with Gasteiger partial charge < -0.3 is 4.55 Å². The van der Waals surface area contributed by atoms with Gasteiger partial charge in [0, 0.05) is 18.1 Å². The zero-order chi connectivity index (χ0) is 17.5. The predicted molar refractivity (Wildman–Crippen MR) is 83.9 cm³/mol. The Morgan fingerprint density at radius 3 is 2.39 bits per heavy atom. The first-order valence-corrected chi connectivity index (χ1v) is 10.1. The lowest BCUT2D eigenvalue weighted by Gasteiger charge is -2.13. The number of hydrogen-bond acceptors (Lipinski definition) is 5. The van der Waals surface area contributed by atoms with Gasteiger partial charge in [-0.2, -0.15) is 8.42 Å². The van der Waals surface area contributed by atoms with E-state index in [1.54, 1.807) is 6.07 Å². The number of hydrogen-bond donors (Lipinski definition) is 1. The topological polar surface area (TPSA) is 115 Å². The molecule has 1 aromatic carbocycles. The van der Waals surface area contributed by atoms with Gasteiger partial charge in [-0.05, 0) is 32.4 Å². The number of nitrogens with zero attached hydrogens (tertiary/aromatic N) is 1. The van der Waals surface area contributed by atoms with Gasteiger partial charge in [-0.15, -0.1) is 0 Å². The molecule has 0 saturated carbocycles. The second kappa shape index (κ2) is 5.97. The van der Waals surface area contributed by atoms with Gasteiger partial charge >= 0.3 is 0 Å². The molecule has 0 saturated heterocycles. The molecule has 23 heavy (non-hydrogen) atoms. The summed E-state index contributed by atoms with van der Waals surface area (Å²) in [5.74, 6) is -0.287. The molecule has 1 aliphatic heterocycles. The summed E-state index contributed by atoms with van der Waals surface area (Å²) >= 11 is 0. The third-order valence-electron chi connectivity index (χ3n) is 3.79. The van der Waals surface area contributed by atoms with E-state index in [-0.39, 0.29) is 10.6 Å². The van der Waals surface area contributed by atoms with Gasteiger partial charge in [0.15, 0.2) is 6.21 Å². The number of unbranched alkanes of at least 4 members (excludes halogenated alkanes) is 1. The molecule has 9 heteroatoms. The monoisotopic (exact) mass is 361 g/mol. The van der Waals surface area contributed by atoms with Crippen LogP contribution in [0, 0.1) is 0 Å². The van der Waals surface area contributed by atoms with Gasteiger partial charge in [-0.25, -0.2) is 13.0 Å². The molecular weight excluding hydrogens is 342 g/mol. The van der Waals surface area contributed by atoms with Gasteiger partial charge in [0.05, 0.1) is 16.1 Å². The van der Waals surface area contributed by atoms with E-state index in [0.717, 1.165) is 11.3 Å². The minimum atomic E-state index is -4.51. The third kappa shape index (κ3) is 4.37. The molecule has 0 aliphatic carbocycles. The van der Waals surface area contributed by atoms with E-state index in [0.29, 0.717) is 19.4 Å². The van der Waals surface area contributed by atoms with Crippen LogP contribution in [0.1, 0.15) is 32.3 Å². The van der Waals surface area contributed by atoms with Crippen LogP contribution < -0.4 is 0 Å². The normalized spacial score (nSPS) is 17.0. The van der Waals surface area contributed by atoms with E-state index < -0.39 is 25.7 Å². The van der Waals surface area contributed by atoms with Gasteiger partial charge in [0.1, 0.15) is 16.7 Å². The van der Waals surface area contributed by atoms with E-state index in [1.807, 2.05) is 24.6 Å². The summed E-state index contributed by atoms with van der Waals surface area (Å²) in [7, 11) is -8.46. The fourth-order valence-corrected chi connectivity index (χ4v) is 3.78. The molecule has 0 spiro atoms. The van der Waals surface area contributed by atoms with Crippen LogP contribution in [0.15, 0.2) is 23.1 Å². The van der Waals surface area contributed by atoms with Crippen molar-refractivity contribution >= 4 is 32.1 Å². The van der Waals surface area contributed by atoms with E-state index in [1.165, 1.54) is 12.1 Å². The Labute approximate surface area is 136 Å². The van der Waals surface area contributed by atoms with Gasteiger partial charge in [-0.3, -0.25) is 4.55 Å². The molecule has 0 amide bonds. The van der Waals surface area contributed by atoms with Crippen molar-refractivity contribution in [1.82, 2.24) is 0 Å². The molecule has 1 aliphatic rings. The van der Waals surface area contributed by atoms with Crippen LogP contribution in [-0.4, -0.2) is 49.0 Å². The van der Waals surface area contributed by atoms with Crippen LogP contribution in [0.4, 0.5) is 5.69 Å². The summed E-state index contributed by atoms with van der Waals surface area (Å²) < 4.78 is 65.6. The van der Waals surface area contributed by atoms with Crippen molar-refractivity contribution in [1.29, 1.82) is 0 Å². The minimum absolute atomic E-state index is 0.258. The number of fused-ring (bicyclic) bond motifs is 1. The quantitative estimate of drug-likeness (QED) is 0.463. The van der Waals surface area contributed by atoms with Crippen LogP contribution in [0.3, 0.4) is 0 Å². The second-order valence-corrected chi connectivity index (χ2v) is 9.12. The molecular formula is C14H19NO6S2. The van der Waals surface area contributed by atoms with Gasteiger partial charge in [0.25, 0.3) is 10.1 Å². The van der Waals surface area contributed by atoms with Crippen LogP contribution in [0.2, 0.25) is 0 Å². The summed E-state index contributed by atoms with van der Waals surface area (Å²) in [6.07, 6.45) is 2.80. The van der Waals surface area contributed by atoms with E-state index in [9.17, 15) is 21.4 Å². The van der Waals surface area contributed by atoms with Crippen molar-refractivity contribution in [3.63, 3.8) is 0 Å². The molecule has 0 bridgehead atoms. The highest BCUT2D eigenvalue weighted by Gasteiger charge is 2.37. The van der Waals surface area contributed by atoms with Crippen LogP contribution in [0.25, 0.3) is 0 Å². The van der Waals surface area contributed by atoms with Gasteiger partial charge in [0.2, 0.25) is 5.69 Å². The van der Waals surface area contributed by atoms with Gasteiger partial charge in [-0.1, -0.05) is 0 Å². The molecule has 0 unspecified atom stereocenters. The van der Waals surface area contributed by atoms with Crippen LogP contribution in [-0.2, 0) is 25.7 Å². The van der Waals surface area contributed by atoms with E-state index in [2.05, 4.69) is 0 Å². The predicted octanol–water partition coefficient (Wildman–Crippen LogP) is 1.26. The average molecular weight is 361 g/mol. The van der Waals surface area contributed by atoms with Crippen molar-refractivity contribution in [3.8, 4) is 0 Å². The first kappa shape index (κ1) is 18.1. The Bertz CT molecular complexity index is 853. The molecule has 0 radical (unpaired) electrons. The zero-order valence-corrected chi connectivity index (χ0v) is 14.5. The minimum Gasteiger partial charge on any atom is -0.744 e. The second-order valence-electron chi connectivity index (χ2n) is 6.17. The standard InChI is InChI=1S/C14H19NO6S2/c1-14(2)10-15(7-3-4-8-22(16,17)18)13-6-5-11(9-12(13)14)23(19,20)21/h5-6,9-10H,3-4,7-8H2,1-2H3,(H-,16,17,18,19,20,21). The zero-order valence-electron chi connectivity index (χ0n) is 12.9. The lowest BCUT2D eigenvalue weighted by molar-refractivity contribution is -0.434. The molecule has 128 valence electrons. The molecule has 0 fully saturated rings. The average Bonchev–Trinajstić information content (AvgIpc) is 2.64. The highest BCUT2D eigenvalue weighted by Crippen LogP contribution is 2.37. The Morgan fingerprint density at radius 2 is 1.83 bits per heavy atom. The number of benzene rings is 1. The highest BCUT2D eigenvalue weighted by atomic mass is 32.2. The lowest BCUT2D eigenvalue weighted by atomic mass is 9.87. The van der Waals surface area contributed by atoms with Crippen molar-refractivity contribution < 1.29 is 30.5 Å². The van der Waals surface area contributed by atoms with Crippen LogP contribution >= 0.6 is 0 Å². The molecule has 7 nitrogen and oxygen atoms in total. The Balaban J connectivity index is 2.20. The largest absolute Gasteiger partial charge is 0.744 e. The summed E-state index contributed by atoms with van der Waals surface area (Å²) in [4.78, 5) is -0.258. The van der Waals surface area contributed by atoms with Crippen molar-refractivity contribution in [2.45, 2.75) is 37.0 Å². The maximum absolute atomic E-state index is 11.2. The van der Waals surface area contributed by atoms with Crippen molar-refractivity contribution in [2.75, 3.05) is 12.3 Å². The van der Waals surface area contributed by atoms with E-state index in [4.69, 9.17) is 4.55 Å². The highest BCUT2D eigenvalue weighted by molar-refractivity contribution is 7.86. The molecule has 0 atom stereocenters. The summed E-state index contributed by atoms with van der Waals surface area (Å²) in [5.41, 5.74) is 1.11. The Kier molecular flexibility index (Phi) is 4.69. The molecule has 1 heterocycles. The molecule has 1 aromatic rings. The Morgan fingerprint density at radius 1 is 1.17 bits per heavy atom. The maximum atomic E-state index is 11.2. The van der Waals surface area contributed by atoms with E-state index >= 15 is 0 Å². The first-order valence-electron chi connectivity index (χ1n) is 7.08. The van der Waals surface area contributed by atoms with Crippen LogP contribution in [0.5, 0.6) is 0 Å². The fourth-order valence-electron chi connectivity index (χ4n) is 2.72. The molecule has 2 rings (SSSR count). The van der Waals surface area contributed by atoms with Crippen molar-refractivity contribution in [2.24, 2.45) is 0 Å². The molecule has 0 aromatic heterocycles.